The maximum Gasteiger partial charge on any atom is 0.407 e. The highest BCUT2D eigenvalue weighted by molar-refractivity contribution is 5.76. The van der Waals surface area contributed by atoms with Crippen LogP contribution in [0.2, 0.25) is 0 Å². The van der Waals surface area contributed by atoms with Gasteiger partial charge in [0.2, 0.25) is 5.91 Å². The Kier molecular flexibility index (Phi) is 15.2. The van der Waals surface area contributed by atoms with Crippen LogP contribution in [0.3, 0.4) is 0 Å². The van der Waals surface area contributed by atoms with Crippen LogP contribution in [-0.2, 0) is 32.0 Å². The molecule has 0 saturated heterocycles. The Morgan fingerprint density at radius 1 is 0.792 bits per heavy atom. The van der Waals surface area contributed by atoms with Gasteiger partial charge >= 0.3 is 18.1 Å². The van der Waals surface area contributed by atoms with E-state index in [-0.39, 0.29) is 47.9 Å². The standard InChI is InChI=1S/C38H56N4O6/c1-37(2)25-32(24-34(44)47-22-12-20-41(4)33(43)19-18-30-14-8-6-9-15-30)26-38(3,28-37)29-40-36(46)48-23-13-21-42(5)35(45)39-27-31-16-10-7-11-17-31/h6-11,14-17,32H,12-13,18-29H2,1-5H3,(H,39,45)(H,40,46). The molecule has 0 heterocycles. The third kappa shape index (κ3) is 14.4. The molecule has 10 nitrogen and oxygen atoms in total. The van der Waals surface area contributed by atoms with Crippen molar-refractivity contribution in [3.8, 4) is 0 Å². The van der Waals surface area contributed by atoms with Crippen LogP contribution in [0.15, 0.2) is 60.7 Å². The molecule has 1 aliphatic rings. The highest BCUT2D eigenvalue weighted by Gasteiger charge is 2.42. The second kappa shape index (κ2) is 19.1. The molecule has 0 radical (unpaired) electrons. The van der Waals surface area contributed by atoms with Crippen molar-refractivity contribution in [2.24, 2.45) is 16.7 Å². The number of aryl methyl sites for hydroxylation is 1. The minimum atomic E-state index is -0.477. The average Bonchev–Trinajstić information content (AvgIpc) is 3.05. The van der Waals surface area contributed by atoms with Crippen molar-refractivity contribution in [1.82, 2.24) is 20.4 Å². The Morgan fingerprint density at radius 3 is 2.06 bits per heavy atom. The fourth-order valence-corrected chi connectivity index (χ4v) is 6.94. The number of nitrogens with zero attached hydrogens (tertiary/aromatic N) is 2. The molecular formula is C38H56N4O6. The van der Waals surface area contributed by atoms with Gasteiger partial charge < -0.3 is 29.9 Å². The highest BCUT2D eigenvalue weighted by Crippen LogP contribution is 2.49. The molecule has 10 heteroatoms. The summed E-state index contributed by atoms with van der Waals surface area (Å²) < 4.78 is 11.0. The van der Waals surface area contributed by atoms with Crippen LogP contribution in [-0.4, -0.2) is 80.7 Å². The molecule has 264 valence electrons. The van der Waals surface area contributed by atoms with Crippen molar-refractivity contribution < 1.29 is 28.7 Å². The van der Waals surface area contributed by atoms with E-state index in [0.717, 1.165) is 30.4 Å². The molecule has 2 aromatic rings. The first-order chi connectivity index (χ1) is 22.8. The molecular weight excluding hydrogens is 608 g/mol. The molecule has 1 fully saturated rings. The molecule has 3 rings (SSSR count). The molecule has 0 bridgehead atoms. The minimum Gasteiger partial charge on any atom is -0.466 e. The smallest absolute Gasteiger partial charge is 0.407 e. The number of hydrogen-bond acceptors (Lipinski definition) is 6. The monoisotopic (exact) mass is 664 g/mol. The van der Waals surface area contributed by atoms with Crippen LogP contribution in [0.5, 0.6) is 0 Å². The van der Waals surface area contributed by atoms with Crippen LogP contribution < -0.4 is 10.6 Å². The number of rotatable bonds is 17. The summed E-state index contributed by atoms with van der Waals surface area (Å²) in [6, 6.07) is 19.5. The first-order valence-corrected chi connectivity index (χ1v) is 17.2. The van der Waals surface area contributed by atoms with Gasteiger partial charge in [-0.1, -0.05) is 81.4 Å². The Morgan fingerprint density at radius 2 is 1.40 bits per heavy atom. The van der Waals surface area contributed by atoms with Gasteiger partial charge in [-0.15, -0.1) is 0 Å². The van der Waals surface area contributed by atoms with Gasteiger partial charge in [0.15, 0.2) is 0 Å². The van der Waals surface area contributed by atoms with Crippen LogP contribution in [0.25, 0.3) is 0 Å². The number of esters is 1. The first-order valence-electron chi connectivity index (χ1n) is 17.2. The summed E-state index contributed by atoms with van der Waals surface area (Å²) in [7, 11) is 3.51. The summed E-state index contributed by atoms with van der Waals surface area (Å²) >= 11 is 0. The topological polar surface area (TPSA) is 117 Å². The van der Waals surface area contributed by atoms with Crippen molar-refractivity contribution in [3.63, 3.8) is 0 Å². The zero-order valence-electron chi connectivity index (χ0n) is 29.6. The van der Waals surface area contributed by atoms with E-state index in [9.17, 15) is 19.2 Å². The van der Waals surface area contributed by atoms with Gasteiger partial charge in [0.25, 0.3) is 0 Å². The number of benzene rings is 2. The summed E-state index contributed by atoms with van der Waals surface area (Å²) in [4.78, 5) is 53.3. The van der Waals surface area contributed by atoms with Crippen molar-refractivity contribution >= 4 is 24.0 Å². The zero-order valence-corrected chi connectivity index (χ0v) is 29.6. The Balaban J connectivity index is 1.30. The van der Waals surface area contributed by atoms with Crippen LogP contribution >= 0.6 is 0 Å². The molecule has 2 N–H and O–H groups in total. The summed E-state index contributed by atoms with van der Waals surface area (Å²) in [6.45, 7) is 8.96. The number of alkyl carbamates (subject to hydrolysis) is 1. The first kappa shape index (κ1) is 38.4. The number of ether oxygens (including phenoxy) is 2. The third-order valence-corrected chi connectivity index (χ3v) is 8.94. The Labute approximate surface area is 286 Å². The maximum absolute atomic E-state index is 12.8. The minimum absolute atomic E-state index is 0.0119. The molecule has 1 aliphatic carbocycles. The van der Waals surface area contributed by atoms with Gasteiger partial charge in [0.1, 0.15) is 0 Å². The van der Waals surface area contributed by atoms with E-state index in [1.54, 1.807) is 23.9 Å². The van der Waals surface area contributed by atoms with E-state index < -0.39 is 6.09 Å². The van der Waals surface area contributed by atoms with Gasteiger partial charge in [0, 0.05) is 53.1 Å². The summed E-state index contributed by atoms with van der Waals surface area (Å²) in [5.74, 6) is 0.0114. The number of urea groups is 1. The fraction of sp³-hybridized carbons (Fsp3) is 0.579. The van der Waals surface area contributed by atoms with Gasteiger partial charge in [0.05, 0.1) is 13.2 Å². The number of nitrogens with one attached hydrogen (secondary N) is 2. The lowest BCUT2D eigenvalue weighted by molar-refractivity contribution is -0.146. The number of amides is 4. The third-order valence-electron chi connectivity index (χ3n) is 8.94. The molecule has 2 unspecified atom stereocenters. The molecule has 2 atom stereocenters. The van der Waals surface area contributed by atoms with Crippen molar-refractivity contribution in [2.75, 3.05) is 46.9 Å². The normalized spacial score (nSPS) is 18.3. The molecule has 0 aliphatic heterocycles. The predicted octanol–water partition coefficient (Wildman–Crippen LogP) is 6.19. The lowest BCUT2D eigenvalue weighted by atomic mass is 9.60. The Hall–Kier alpha value is -4.08. The summed E-state index contributed by atoms with van der Waals surface area (Å²) in [5.41, 5.74) is 1.99. The number of carbonyl (C=O) groups is 4. The number of hydrogen-bond donors (Lipinski definition) is 2. The van der Waals surface area contributed by atoms with E-state index in [0.29, 0.717) is 58.3 Å². The highest BCUT2D eigenvalue weighted by atomic mass is 16.5. The quantitative estimate of drug-likeness (QED) is 0.154. The predicted molar refractivity (Wildman–Crippen MR) is 187 cm³/mol. The van der Waals surface area contributed by atoms with Crippen molar-refractivity contribution in [1.29, 1.82) is 0 Å². The molecule has 0 spiro atoms. The summed E-state index contributed by atoms with van der Waals surface area (Å²) in [6.07, 6.45) is 4.77. The molecule has 2 aromatic carbocycles. The van der Waals surface area contributed by atoms with Crippen LogP contribution in [0.1, 0.15) is 76.8 Å². The average molecular weight is 665 g/mol. The Bertz CT molecular complexity index is 1300. The lowest BCUT2D eigenvalue weighted by Crippen LogP contribution is -2.44. The molecule has 0 aromatic heterocycles. The second-order valence-electron chi connectivity index (χ2n) is 14.4. The second-order valence-corrected chi connectivity index (χ2v) is 14.4. The van der Waals surface area contributed by atoms with Gasteiger partial charge in [-0.2, -0.15) is 0 Å². The molecule has 4 amide bonds. The van der Waals surface area contributed by atoms with E-state index in [1.165, 1.54) is 0 Å². The van der Waals surface area contributed by atoms with Crippen LogP contribution in [0.4, 0.5) is 9.59 Å². The van der Waals surface area contributed by atoms with Crippen molar-refractivity contribution in [3.05, 3.63) is 71.8 Å². The van der Waals surface area contributed by atoms with E-state index in [2.05, 4.69) is 31.4 Å². The fourth-order valence-electron chi connectivity index (χ4n) is 6.94. The molecule has 1 saturated carbocycles. The molecule has 48 heavy (non-hydrogen) atoms. The lowest BCUT2D eigenvalue weighted by Gasteiger charge is -2.46. The van der Waals surface area contributed by atoms with Gasteiger partial charge in [-0.25, -0.2) is 9.59 Å². The van der Waals surface area contributed by atoms with E-state index in [4.69, 9.17) is 9.47 Å². The van der Waals surface area contributed by atoms with Gasteiger partial charge in [-0.3, -0.25) is 9.59 Å². The van der Waals surface area contributed by atoms with E-state index in [1.807, 2.05) is 60.7 Å². The van der Waals surface area contributed by atoms with Gasteiger partial charge in [-0.05, 0) is 66.4 Å². The largest absolute Gasteiger partial charge is 0.466 e. The van der Waals surface area contributed by atoms with E-state index >= 15 is 0 Å². The maximum atomic E-state index is 12.8. The summed E-state index contributed by atoms with van der Waals surface area (Å²) in [5, 5.41) is 5.82. The van der Waals surface area contributed by atoms with Crippen LogP contribution in [0, 0.1) is 16.7 Å². The SMILES string of the molecule is CN(CCCOC(=O)CC1CC(C)(C)CC(C)(CNC(=O)OCCCN(C)C(=O)NCc2ccccc2)C1)C(=O)CCc1ccccc1. The zero-order chi connectivity index (χ0) is 35.0. The number of carbonyl (C=O) groups excluding carboxylic acids is 4. The van der Waals surface area contributed by atoms with Crippen molar-refractivity contribution in [2.45, 2.75) is 78.7 Å².